The summed E-state index contributed by atoms with van der Waals surface area (Å²) < 4.78 is 5.43. The average Bonchev–Trinajstić information content (AvgIpc) is 3.25. The number of carbonyl (C=O) groups is 1. The van der Waals surface area contributed by atoms with Crippen molar-refractivity contribution in [2.24, 2.45) is 0 Å². The molecule has 1 amide bonds. The van der Waals surface area contributed by atoms with E-state index in [-0.39, 0.29) is 11.9 Å². The lowest BCUT2D eigenvalue weighted by Crippen LogP contribution is -2.28. The molecule has 1 aromatic carbocycles. The van der Waals surface area contributed by atoms with Crippen molar-refractivity contribution in [3.05, 3.63) is 58.3 Å². The first-order valence-electron chi connectivity index (χ1n) is 8.03. The molecule has 0 N–H and O–H groups in total. The molecule has 3 nitrogen and oxygen atoms in total. The second-order valence-corrected chi connectivity index (χ2v) is 6.52. The molecule has 1 aromatic heterocycles. The van der Waals surface area contributed by atoms with E-state index in [1.54, 1.807) is 17.4 Å². The monoisotopic (exact) mass is 327 g/mol. The van der Waals surface area contributed by atoms with Crippen LogP contribution in [-0.2, 0) is 4.79 Å². The van der Waals surface area contributed by atoms with E-state index in [9.17, 15) is 4.79 Å². The van der Waals surface area contributed by atoms with E-state index < -0.39 is 0 Å². The van der Waals surface area contributed by atoms with Gasteiger partial charge < -0.3 is 9.64 Å². The molecule has 1 fully saturated rings. The van der Waals surface area contributed by atoms with Gasteiger partial charge in [0.05, 0.1) is 12.6 Å². The van der Waals surface area contributed by atoms with Crippen molar-refractivity contribution in [2.45, 2.75) is 25.8 Å². The molecule has 2 heterocycles. The summed E-state index contributed by atoms with van der Waals surface area (Å²) in [6, 6.07) is 12.2. The molecule has 0 aliphatic carbocycles. The fraction of sp³-hybridized carbons (Fsp3) is 0.316. The maximum atomic E-state index is 12.5. The highest BCUT2D eigenvalue weighted by molar-refractivity contribution is 7.10. The molecule has 1 saturated heterocycles. The minimum atomic E-state index is 0.0924. The SMILES string of the molecule is CCOc1ccc(/C=C/C(=O)N2CCCC2c2cccs2)cc1. The first-order chi connectivity index (χ1) is 11.3. The first kappa shape index (κ1) is 15.8. The largest absolute Gasteiger partial charge is 0.494 e. The van der Waals surface area contributed by atoms with Crippen LogP contribution < -0.4 is 4.74 Å². The quantitative estimate of drug-likeness (QED) is 0.756. The Morgan fingerprint density at radius 3 is 2.87 bits per heavy atom. The zero-order valence-corrected chi connectivity index (χ0v) is 14.1. The van der Waals surface area contributed by atoms with E-state index in [0.717, 1.165) is 30.7 Å². The molecule has 23 heavy (non-hydrogen) atoms. The molecule has 1 aliphatic heterocycles. The molecule has 4 heteroatoms. The molecular formula is C19H21NO2S. The van der Waals surface area contributed by atoms with Crippen molar-refractivity contribution in [3.63, 3.8) is 0 Å². The summed E-state index contributed by atoms with van der Waals surface area (Å²) in [7, 11) is 0. The minimum absolute atomic E-state index is 0.0924. The number of hydrogen-bond acceptors (Lipinski definition) is 3. The maximum Gasteiger partial charge on any atom is 0.247 e. The van der Waals surface area contributed by atoms with Crippen molar-refractivity contribution >= 4 is 23.3 Å². The van der Waals surface area contributed by atoms with Gasteiger partial charge in [0.15, 0.2) is 0 Å². The first-order valence-corrected chi connectivity index (χ1v) is 8.91. The Morgan fingerprint density at radius 2 is 2.17 bits per heavy atom. The van der Waals surface area contributed by atoms with Crippen LogP contribution in [0.5, 0.6) is 5.75 Å². The van der Waals surface area contributed by atoms with Crippen molar-refractivity contribution in [2.75, 3.05) is 13.2 Å². The number of amides is 1. The van der Waals surface area contributed by atoms with Crippen LogP contribution in [0, 0.1) is 0 Å². The number of ether oxygens (including phenoxy) is 1. The molecule has 0 saturated carbocycles. The highest BCUT2D eigenvalue weighted by atomic mass is 32.1. The van der Waals surface area contributed by atoms with Crippen molar-refractivity contribution in [1.82, 2.24) is 4.90 Å². The van der Waals surface area contributed by atoms with E-state index >= 15 is 0 Å². The van der Waals surface area contributed by atoms with E-state index in [4.69, 9.17) is 4.74 Å². The van der Waals surface area contributed by atoms with Crippen LogP contribution in [0.3, 0.4) is 0 Å². The lowest BCUT2D eigenvalue weighted by atomic mass is 10.1. The highest BCUT2D eigenvalue weighted by Gasteiger charge is 2.29. The van der Waals surface area contributed by atoms with Crippen LogP contribution in [0.15, 0.2) is 47.9 Å². The summed E-state index contributed by atoms with van der Waals surface area (Å²) in [5, 5.41) is 2.08. The van der Waals surface area contributed by atoms with Crippen LogP contribution >= 0.6 is 11.3 Å². The fourth-order valence-electron chi connectivity index (χ4n) is 2.91. The van der Waals surface area contributed by atoms with Crippen LogP contribution in [0.4, 0.5) is 0 Å². The van der Waals surface area contributed by atoms with Crippen LogP contribution in [0.25, 0.3) is 6.08 Å². The molecule has 2 aromatic rings. The number of likely N-dealkylation sites (tertiary alicyclic amines) is 1. The van der Waals surface area contributed by atoms with Gasteiger partial charge in [-0.2, -0.15) is 0 Å². The summed E-state index contributed by atoms with van der Waals surface area (Å²) in [5.41, 5.74) is 1.01. The highest BCUT2D eigenvalue weighted by Crippen LogP contribution is 2.34. The molecule has 3 rings (SSSR count). The summed E-state index contributed by atoms with van der Waals surface area (Å²) >= 11 is 1.73. The third-order valence-electron chi connectivity index (χ3n) is 4.02. The molecule has 0 bridgehead atoms. The summed E-state index contributed by atoms with van der Waals surface area (Å²) in [5.74, 6) is 0.947. The molecule has 0 radical (unpaired) electrons. The van der Waals surface area contributed by atoms with E-state index in [2.05, 4.69) is 17.5 Å². The van der Waals surface area contributed by atoms with Gasteiger partial charge in [0.2, 0.25) is 5.91 Å². The van der Waals surface area contributed by atoms with Gasteiger partial charge in [0.1, 0.15) is 5.75 Å². The van der Waals surface area contributed by atoms with Gasteiger partial charge in [-0.25, -0.2) is 0 Å². The Morgan fingerprint density at radius 1 is 1.35 bits per heavy atom. The Kier molecular flexibility index (Phi) is 5.13. The molecule has 120 valence electrons. The Balaban J connectivity index is 1.66. The second-order valence-electron chi connectivity index (χ2n) is 5.54. The molecule has 0 spiro atoms. The summed E-state index contributed by atoms with van der Waals surface area (Å²) in [4.78, 5) is 15.8. The third kappa shape index (κ3) is 3.82. The lowest BCUT2D eigenvalue weighted by Gasteiger charge is -2.22. The maximum absolute atomic E-state index is 12.5. The van der Waals surface area contributed by atoms with Gasteiger partial charge in [-0.15, -0.1) is 11.3 Å². The van der Waals surface area contributed by atoms with Crippen molar-refractivity contribution < 1.29 is 9.53 Å². The Hall–Kier alpha value is -2.07. The zero-order valence-electron chi connectivity index (χ0n) is 13.3. The predicted molar refractivity (Wildman–Crippen MR) is 94.7 cm³/mol. The van der Waals surface area contributed by atoms with Gasteiger partial charge in [-0.05, 0) is 55.0 Å². The fourth-order valence-corrected chi connectivity index (χ4v) is 3.79. The lowest BCUT2D eigenvalue weighted by molar-refractivity contribution is -0.126. The smallest absolute Gasteiger partial charge is 0.247 e. The van der Waals surface area contributed by atoms with Crippen LogP contribution in [0.1, 0.15) is 36.2 Å². The zero-order chi connectivity index (χ0) is 16.1. The number of nitrogens with zero attached hydrogens (tertiary/aromatic N) is 1. The minimum Gasteiger partial charge on any atom is -0.494 e. The van der Waals surface area contributed by atoms with Gasteiger partial charge in [0, 0.05) is 17.5 Å². The number of hydrogen-bond donors (Lipinski definition) is 0. The van der Waals surface area contributed by atoms with E-state index in [0.29, 0.717) is 6.61 Å². The molecule has 1 unspecified atom stereocenters. The number of rotatable bonds is 5. The topological polar surface area (TPSA) is 29.5 Å². The number of thiophene rings is 1. The van der Waals surface area contributed by atoms with Gasteiger partial charge in [0.25, 0.3) is 0 Å². The predicted octanol–water partition coefficient (Wildman–Crippen LogP) is 4.52. The molecule has 1 aliphatic rings. The molecular weight excluding hydrogens is 306 g/mol. The van der Waals surface area contributed by atoms with Gasteiger partial charge >= 0.3 is 0 Å². The Bertz CT molecular complexity index is 661. The van der Waals surface area contributed by atoms with Crippen LogP contribution in [0.2, 0.25) is 0 Å². The van der Waals surface area contributed by atoms with E-state index in [1.807, 2.05) is 42.2 Å². The number of benzene rings is 1. The summed E-state index contributed by atoms with van der Waals surface area (Å²) in [6.45, 7) is 3.47. The molecule has 1 atom stereocenters. The second kappa shape index (κ2) is 7.47. The van der Waals surface area contributed by atoms with Gasteiger partial charge in [-0.3, -0.25) is 4.79 Å². The summed E-state index contributed by atoms with van der Waals surface area (Å²) in [6.07, 6.45) is 5.69. The van der Waals surface area contributed by atoms with Crippen LogP contribution in [-0.4, -0.2) is 24.0 Å². The Labute approximate surface area is 141 Å². The third-order valence-corrected chi connectivity index (χ3v) is 4.99. The number of carbonyl (C=O) groups excluding carboxylic acids is 1. The van der Waals surface area contributed by atoms with Gasteiger partial charge in [-0.1, -0.05) is 18.2 Å². The standard InChI is InChI=1S/C19H21NO2S/c1-2-22-16-10-7-15(8-11-16)9-12-19(21)20-13-3-5-17(20)18-6-4-14-23-18/h4,6-12,14,17H,2-3,5,13H2,1H3/b12-9+. The average molecular weight is 327 g/mol. The van der Waals surface area contributed by atoms with Crippen molar-refractivity contribution in [1.29, 1.82) is 0 Å². The normalized spacial score (nSPS) is 17.8. The van der Waals surface area contributed by atoms with E-state index in [1.165, 1.54) is 4.88 Å². The van der Waals surface area contributed by atoms with Crippen molar-refractivity contribution in [3.8, 4) is 5.75 Å².